The molecule has 0 aliphatic heterocycles. The summed E-state index contributed by atoms with van der Waals surface area (Å²) in [5.74, 6) is 0.705. The Morgan fingerprint density at radius 1 is 1.12 bits per heavy atom. The Morgan fingerprint density at radius 2 is 1.76 bits per heavy atom. The second-order valence-corrected chi connectivity index (χ2v) is 5.37. The van der Waals surface area contributed by atoms with Gasteiger partial charge in [-0.1, -0.05) is 70.4 Å². The molecule has 0 aromatic heterocycles. The monoisotopic (exact) mass is 233 g/mol. The van der Waals surface area contributed by atoms with E-state index in [4.69, 9.17) is 5.73 Å². The molecule has 17 heavy (non-hydrogen) atoms. The molecule has 1 aromatic rings. The van der Waals surface area contributed by atoms with Gasteiger partial charge < -0.3 is 5.73 Å². The molecule has 0 bridgehead atoms. The largest absolute Gasteiger partial charge is 0.321 e. The Morgan fingerprint density at radius 3 is 2.29 bits per heavy atom. The van der Waals surface area contributed by atoms with Gasteiger partial charge in [0.25, 0.3) is 0 Å². The minimum atomic E-state index is -0.134. The summed E-state index contributed by atoms with van der Waals surface area (Å²) in [7, 11) is 0. The van der Waals surface area contributed by atoms with Crippen molar-refractivity contribution in [3.05, 3.63) is 35.9 Å². The molecule has 0 fully saturated rings. The van der Waals surface area contributed by atoms with Crippen LogP contribution in [0, 0.1) is 5.92 Å². The zero-order chi connectivity index (χ0) is 12.7. The molecule has 0 aliphatic rings. The zero-order valence-corrected chi connectivity index (χ0v) is 11.6. The molecule has 96 valence electrons. The number of hydrogen-bond donors (Lipinski definition) is 1. The molecule has 2 atom stereocenters. The minimum Gasteiger partial charge on any atom is -0.321 e. The quantitative estimate of drug-likeness (QED) is 0.739. The van der Waals surface area contributed by atoms with E-state index in [2.05, 4.69) is 51.1 Å². The van der Waals surface area contributed by atoms with E-state index in [9.17, 15) is 0 Å². The Balaban J connectivity index is 2.82. The average molecular weight is 233 g/mol. The Kier molecular flexibility index (Phi) is 5.70. The van der Waals surface area contributed by atoms with Crippen LogP contribution in [0.15, 0.2) is 30.3 Å². The van der Waals surface area contributed by atoms with E-state index in [1.165, 1.54) is 18.4 Å². The second kappa shape index (κ2) is 6.80. The molecule has 0 saturated carbocycles. The molecule has 0 saturated heterocycles. The van der Waals surface area contributed by atoms with Crippen molar-refractivity contribution in [2.75, 3.05) is 0 Å². The summed E-state index contributed by atoms with van der Waals surface area (Å²) < 4.78 is 0. The highest BCUT2D eigenvalue weighted by Gasteiger charge is 2.27. The molecule has 2 unspecified atom stereocenters. The fourth-order valence-corrected chi connectivity index (χ4v) is 2.80. The van der Waals surface area contributed by atoms with E-state index >= 15 is 0 Å². The molecule has 0 heterocycles. The summed E-state index contributed by atoms with van der Waals surface area (Å²) in [6, 6.07) is 10.6. The predicted octanol–water partition coefficient (Wildman–Crippen LogP) is 4.47. The smallest absolute Gasteiger partial charge is 0.0412 e. The molecule has 0 amide bonds. The summed E-state index contributed by atoms with van der Waals surface area (Å²) in [6.45, 7) is 6.79. The highest BCUT2D eigenvalue weighted by atomic mass is 14.7. The Labute approximate surface area is 106 Å². The van der Waals surface area contributed by atoms with E-state index in [-0.39, 0.29) is 5.54 Å². The third-order valence-corrected chi connectivity index (χ3v) is 3.54. The first-order chi connectivity index (χ1) is 8.12. The van der Waals surface area contributed by atoms with Gasteiger partial charge in [0, 0.05) is 5.54 Å². The first kappa shape index (κ1) is 14.2. The van der Waals surface area contributed by atoms with Gasteiger partial charge in [0.1, 0.15) is 0 Å². The van der Waals surface area contributed by atoms with Crippen molar-refractivity contribution in [3.63, 3.8) is 0 Å². The van der Waals surface area contributed by atoms with Crippen LogP contribution in [-0.4, -0.2) is 0 Å². The van der Waals surface area contributed by atoms with Crippen molar-refractivity contribution >= 4 is 0 Å². The van der Waals surface area contributed by atoms with Gasteiger partial charge >= 0.3 is 0 Å². The summed E-state index contributed by atoms with van der Waals surface area (Å²) in [4.78, 5) is 0. The third-order valence-electron chi connectivity index (χ3n) is 3.54. The summed E-state index contributed by atoms with van der Waals surface area (Å²) in [6.07, 6.45) is 5.83. The van der Waals surface area contributed by atoms with Crippen molar-refractivity contribution in [2.24, 2.45) is 11.7 Å². The zero-order valence-electron chi connectivity index (χ0n) is 11.6. The van der Waals surface area contributed by atoms with Crippen molar-refractivity contribution in [3.8, 4) is 0 Å². The minimum absolute atomic E-state index is 0.134. The van der Waals surface area contributed by atoms with Crippen molar-refractivity contribution in [1.82, 2.24) is 0 Å². The van der Waals surface area contributed by atoms with Crippen LogP contribution in [0.5, 0.6) is 0 Å². The summed E-state index contributed by atoms with van der Waals surface area (Å²) in [5, 5.41) is 0. The first-order valence-electron chi connectivity index (χ1n) is 6.96. The molecule has 1 heteroatoms. The normalized spacial score (nSPS) is 16.5. The van der Waals surface area contributed by atoms with Crippen LogP contribution in [-0.2, 0) is 5.54 Å². The molecule has 0 radical (unpaired) electrons. The standard InChI is InChI=1S/C16H27N/c1-4-9-14(3)13-16(17,12-5-2)15-10-7-6-8-11-15/h6-8,10-11,14H,4-5,9,12-13,17H2,1-3H3. The van der Waals surface area contributed by atoms with Crippen LogP contribution in [0.2, 0.25) is 0 Å². The third kappa shape index (κ3) is 4.16. The Hall–Kier alpha value is -0.820. The maximum atomic E-state index is 6.66. The highest BCUT2D eigenvalue weighted by Crippen LogP contribution is 2.32. The van der Waals surface area contributed by atoms with Crippen LogP contribution in [0.3, 0.4) is 0 Å². The van der Waals surface area contributed by atoms with E-state index < -0.39 is 0 Å². The number of rotatable bonds is 7. The Bertz CT molecular complexity index is 307. The molecule has 0 aliphatic carbocycles. The molecule has 0 spiro atoms. The van der Waals surface area contributed by atoms with Crippen LogP contribution in [0.4, 0.5) is 0 Å². The average Bonchev–Trinajstić information content (AvgIpc) is 2.30. The highest BCUT2D eigenvalue weighted by molar-refractivity contribution is 5.23. The first-order valence-corrected chi connectivity index (χ1v) is 6.96. The van der Waals surface area contributed by atoms with Gasteiger partial charge in [-0.15, -0.1) is 0 Å². The second-order valence-electron chi connectivity index (χ2n) is 5.37. The SMILES string of the molecule is CCCC(C)CC(N)(CCC)c1ccccc1. The van der Waals surface area contributed by atoms with E-state index in [0.717, 1.165) is 19.3 Å². The van der Waals surface area contributed by atoms with Gasteiger partial charge in [0.05, 0.1) is 0 Å². The summed E-state index contributed by atoms with van der Waals surface area (Å²) >= 11 is 0. The number of benzene rings is 1. The molecule has 2 N–H and O–H groups in total. The fraction of sp³-hybridized carbons (Fsp3) is 0.625. The molecule has 1 rings (SSSR count). The van der Waals surface area contributed by atoms with Gasteiger partial charge in [-0.05, 0) is 24.3 Å². The van der Waals surface area contributed by atoms with Gasteiger partial charge in [-0.3, -0.25) is 0 Å². The van der Waals surface area contributed by atoms with Gasteiger partial charge in [0.2, 0.25) is 0 Å². The number of hydrogen-bond acceptors (Lipinski definition) is 1. The molecular weight excluding hydrogens is 206 g/mol. The van der Waals surface area contributed by atoms with Gasteiger partial charge in [-0.25, -0.2) is 0 Å². The van der Waals surface area contributed by atoms with Crippen LogP contribution in [0.25, 0.3) is 0 Å². The van der Waals surface area contributed by atoms with Crippen molar-refractivity contribution in [2.45, 2.75) is 58.4 Å². The van der Waals surface area contributed by atoms with Crippen LogP contribution < -0.4 is 5.73 Å². The van der Waals surface area contributed by atoms with E-state index in [1.54, 1.807) is 0 Å². The summed E-state index contributed by atoms with van der Waals surface area (Å²) in [5.41, 5.74) is 7.82. The van der Waals surface area contributed by atoms with E-state index in [1.807, 2.05) is 0 Å². The lowest BCUT2D eigenvalue weighted by molar-refractivity contribution is 0.301. The molecular formula is C16H27N. The van der Waals surface area contributed by atoms with Gasteiger partial charge in [-0.2, -0.15) is 0 Å². The van der Waals surface area contributed by atoms with Crippen molar-refractivity contribution in [1.29, 1.82) is 0 Å². The maximum Gasteiger partial charge on any atom is 0.0412 e. The van der Waals surface area contributed by atoms with Crippen molar-refractivity contribution < 1.29 is 0 Å². The number of nitrogens with two attached hydrogens (primary N) is 1. The fourth-order valence-electron chi connectivity index (χ4n) is 2.80. The van der Waals surface area contributed by atoms with Crippen LogP contribution >= 0.6 is 0 Å². The predicted molar refractivity (Wildman–Crippen MR) is 75.9 cm³/mol. The van der Waals surface area contributed by atoms with E-state index in [0.29, 0.717) is 5.92 Å². The molecule has 1 nitrogen and oxygen atoms in total. The lowest BCUT2D eigenvalue weighted by Crippen LogP contribution is -2.38. The lowest BCUT2D eigenvalue weighted by Gasteiger charge is -2.32. The topological polar surface area (TPSA) is 26.0 Å². The van der Waals surface area contributed by atoms with Crippen LogP contribution in [0.1, 0.15) is 58.4 Å². The maximum absolute atomic E-state index is 6.66. The molecule has 1 aromatic carbocycles. The van der Waals surface area contributed by atoms with Gasteiger partial charge in [0.15, 0.2) is 0 Å². The lowest BCUT2D eigenvalue weighted by atomic mass is 9.78.